The van der Waals surface area contributed by atoms with Crippen LogP contribution in [0.15, 0.2) is 17.0 Å². The Labute approximate surface area is 172 Å². The summed E-state index contributed by atoms with van der Waals surface area (Å²) in [7, 11) is -2.80. The van der Waals surface area contributed by atoms with Gasteiger partial charge in [0.25, 0.3) is 10.1 Å². The lowest BCUT2D eigenvalue weighted by Gasteiger charge is -2.17. The van der Waals surface area contributed by atoms with E-state index in [0.717, 1.165) is 43.2 Å². The molecule has 1 N–H and O–H groups in total. The minimum Gasteiger partial charge on any atom is -0.495 e. The molecule has 162 valence electrons. The van der Waals surface area contributed by atoms with Gasteiger partial charge >= 0.3 is 0 Å². The van der Waals surface area contributed by atoms with Crippen molar-refractivity contribution in [2.75, 3.05) is 7.11 Å². The molecule has 5 heteroatoms. The second-order valence-corrected chi connectivity index (χ2v) is 9.14. The average Bonchev–Trinajstić information content (AvgIpc) is 2.66. The van der Waals surface area contributed by atoms with E-state index in [4.69, 9.17) is 4.74 Å². The molecule has 0 amide bonds. The topological polar surface area (TPSA) is 63.6 Å². The van der Waals surface area contributed by atoms with Crippen molar-refractivity contribution in [1.29, 1.82) is 0 Å². The van der Waals surface area contributed by atoms with E-state index in [2.05, 4.69) is 13.8 Å². The molecule has 1 aromatic carbocycles. The Morgan fingerprint density at radius 3 is 1.79 bits per heavy atom. The van der Waals surface area contributed by atoms with E-state index < -0.39 is 10.1 Å². The van der Waals surface area contributed by atoms with Crippen LogP contribution in [0.3, 0.4) is 0 Å². The fourth-order valence-electron chi connectivity index (χ4n) is 3.76. The van der Waals surface area contributed by atoms with E-state index >= 15 is 0 Å². The van der Waals surface area contributed by atoms with E-state index in [0.29, 0.717) is 5.75 Å². The average molecular weight is 413 g/mol. The lowest BCUT2D eigenvalue weighted by Crippen LogP contribution is -2.07. The second kappa shape index (κ2) is 14.0. The smallest absolute Gasteiger partial charge is 0.298 e. The number of benzene rings is 1. The zero-order chi connectivity index (χ0) is 20.8. The summed E-state index contributed by atoms with van der Waals surface area (Å²) in [6.07, 6.45) is 16.2. The van der Waals surface area contributed by atoms with Gasteiger partial charge in [-0.05, 0) is 42.9 Å². The Hall–Kier alpha value is -1.07. The second-order valence-electron chi connectivity index (χ2n) is 7.75. The Balaban J connectivity index is 2.84. The van der Waals surface area contributed by atoms with Gasteiger partial charge in [-0.2, -0.15) is 8.42 Å². The van der Waals surface area contributed by atoms with Crippen molar-refractivity contribution >= 4 is 10.1 Å². The first-order valence-electron chi connectivity index (χ1n) is 11.1. The van der Waals surface area contributed by atoms with Crippen LogP contribution in [0.1, 0.15) is 102 Å². The molecule has 0 aliphatic carbocycles. The standard InChI is InChI=1S/C23H40O4S/c1-4-6-8-10-12-14-16-20-18-19-22(28(24,25)26)23(27-3)21(20)17-15-13-11-9-7-5-2/h18-19H,4-17H2,1-3H3,(H,24,25,26). The highest BCUT2D eigenvalue weighted by atomic mass is 32.2. The molecular weight excluding hydrogens is 372 g/mol. The van der Waals surface area contributed by atoms with Gasteiger partial charge in [-0.3, -0.25) is 4.55 Å². The van der Waals surface area contributed by atoms with E-state index in [1.165, 1.54) is 71.0 Å². The van der Waals surface area contributed by atoms with Gasteiger partial charge in [0, 0.05) is 0 Å². The van der Waals surface area contributed by atoms with Crippen molar-refractivity contribution < 1.29 is 17.7 Å². The van der Waals surface area contributed by atoms with Gasteiger partial charge in [-0.25, -0.2) is 0 Å². The van der Waals surface area contributed by atoms with Gasteiger partial charge in [-0.15, -0.1) is 0 Å². The molecule has 0 aromatic heterocycles. The third-order valence-electron chi connectivity index (χ3n) is 5.38. The summed E-state index contributed by atoms with van der Waals surface area (Å²) >= 11 is 0. The van der Waals surface area contributed by atoms with E-state index in [1.807, 2.05) is 6.07 Å². The third-order valence-corrected chi connectivity index (χ3v) is 6.26. The quantitative estimate of drug-likeness (QED) is 0.241. The van der Waals surface area contributed by atoms with Crippen molar-refractivity contribution in [3.63, 3.8) is 0 Å². The van der Waals surface area contributed by atoms with Crippen molar-refractivity contribution in [3.8, 4) is 5.75 Å². The molecule has 0 radical (unpaired) electrons. The molecule has 1 rings (SSSR count). The maximum atomic E-state index is 11.8. The molecule has 1 aromatic rings. The van der Waals surface area contributed by atoms with Crippen LogP contribution < -0.4 is 4.74 Å². The first-order valence-corrected chi connectivity index (χ1v) is 12.6. The molecule has 0 aliphatic rings. The SMILES string of the molecule is CCCCCCCCc1ccc(S(=O)(=O)O)c(OC)c1CCCCCCCC. The molecule has 0 aliphatic heterocycles. The molecule has 0 saturated heterocycles. The molecule has 0 atom stereocenters. The number of ether oxygens (including phenoxy) is 1. The van der Waals surface area contributed by atoms with E-state index in [1.54, 1.807) is 0 Å². The minimum absolute atomic E-state index is 0.109. The highest BCUT2D eigenvalue weighted by Crippen LogP contribution is 2.33. The van der Waals surface area contributed by atoms with Crippen LogP contribution in [0.25, 0.3) is 0 Å². The van der Waals surface area contributed by atoms with Crippen molar-refractivity contribution in [3.05, 3.63) is 23.3 Å². The number of hydrogen-bond donors (Lipinski definition) is 1. The van der Waals surface area contributed by atoms with Crippen LogP contribution in [-0.4, -0.2) is 20.1 Å². The number of aryl methyl sites for hydroxylation is 1. The highest BCUT2D eigenvalue weighted by molar-refractivity contribution is 7.86. The number of rotatable bonds is 16. The molecule has 0 saturated carbocycles. The van der Waals surface area contributed by atoms with Crippen LogP contribution in [0, 0.1) is 0 Å². The fraction of sp³-hybridized carbons (Fsp3) is 0.739. The predicted octanol–water partition coefficient (Wildman–Crippen LogP) is 6.75. The molecule has 0 spiro atoms. The lowest BCUT2D eigenvalue weighted by atomic mass is 9.95. The molecule has 0 fully saturated rings. The molecule has 0 heterocycles. The fourth-order valence-corrected chi connectivity index (χ4v) is 4.44. The van der Waals surface area contributed by atoms with Gasteiger partial charge in [-0.1, -0.05) is 84.1 Å². The van der Waals surface area contributed by atoms with Crippen molar-refractivity contribution in [2.24, 2.45) is 0 Å². The predicted molar refractivity (Wildman–Crippen MR) is 117 cm³/mol. The minimum atomic E-state index is -4.29. The van der Waals surface area contributed by atoms with E-state index in [9.17, 15) is 13.0 Å². The first-order chi connectivity index (χ1) is 13.5. The number of methoxy groups -OCH3 is 1. The van der Waals surface area contributed by atoms with Crippen LogP contribution in [0.2, 0.25) is 0 Å². The summed E-state index contributed by atoms with van der Waals surface area (Å²) in [6.45, 7) is 4.43. The molecule has 0 bridgehead atoms. The van der Waals surface area contributed by atoms with Gasteiger partial charge in [0.05, 0.1) is 7.11 Å². The number of unbranched alkanes of at least 4 members (excludes halogenated alkanes) is 10. The largest absolute Gasteiger partial charge is 0.495 e. The Morgan fingerprint density at radius 2 is 1.29 bits per heavy atom. The zero-order valence-corrected chi connectivity index (χ0v) is 19.0. The van der Waals surface area contributed by atoms with Gasteiger partial charge in [0.2, 0.25) is 0 Å². The highest BCUT2D eigenvalue weighted by Gasteiger charge is 2.21. The van der Waals surface area contributed by atoms with Crippen LogP contribution >= 0.6 is 0 Å². The summed E-state index contributed by atoms with van der Waals surface area (Å²) in [5.41, 5.74) is 2.12. The maximum absolute atomic E-state index is 11.8. The molecule has 4 nitrogen and oxygen atoms in total. The summed E-state index contributed by atoms with van der Waals surface area (Å²) in [4.78, 5) is -0.109. The first kappa shape index (κ1) is 25.0. The van der Waals surface area contributed by atoms with Crippen LogP contribution in [0.4, 0.5) is 0 Å². The molecular formula is C23H40O4S. The van der Waals surface area contributed by atoms with Gasteiger partial charge < -0.3 is 4.74 Å². The van der Waals surface area contributed by atoms with Crippen LogP contribution in [0.5, 0.6) is 5.75 Å². The zero-order valence-electron chi connectivity index (χ0n) is 18.1. The maximum Gasteiger partial charge on any atom is 0.298 e. The Bertz CT molecular complexity index is 653. The van der Waals surface area contributed by atoms with Crippen molar-refractivity contribution in [2.45, 2.75) is 109 Å². The third kappa shape index (κ3) is 8.95. The molecule has 0 unspecified atom stereocenters. The summed E-state index contributed by atoms with van der Waals surface area (Å²) < 4.78 is 38.6. The summed E-state index contributed by atoms with van der Waals surface area (Å²) in [6, 6.07) is 3.36. The Morgan fingerprint density at radius 1 is 0.786 bits per heavy atom. The normalized spacial score (nSPS) is 11.7. The lowest BCUT2D eigenvalue weighted by molar-refractivity contribution is 0.390. The van der Waals surface area contributed by atoms with Crippen molar-refractivity contribution in [1.82, 2.24) is 0 Å². The summed E-state index contributed by atoms with van der Waals surface area (Å²) in [5, 5.41) is 0. The number of hydrogen-bond acceptors (Lipinski definition) is 3. The van der Waals surface area contributed by atoms with E-state index in [-0.39, 0.29) is 4.90 Å². The van der Waals surface area contributed by atoms with Crippen LogP contribution in [-0.2, 0) is 23.0 Å². The Kier molecular flexibility index (Phi) is 12.5. The summed E-state index contributed by atoms with van der Waals surface area (Å²) in [5.74, 6) is 0.333. The van der Waals surface area contributed by atoms with Gasteiger partial charge in [0.15, 0.2) is 0 Å². The molecule has 28 heavy (non-hydrogen) atoms. The van der Waals surface area contributed by atoms with Gasteiger partial charge in [0.1, 0.15) is 10.6 Å². The monoisotopic (exact) mass is 412 g/mol.